The molecule has 16 heavy (non-hydrogen) atoms. The molecule has 1 unspecified atom stereocenters. The quantitative estimate of drug-likeness (QED) is 0.749. The van der Waals surface area contributed by atoms with Crippen molar-refractivity contribution in [2.45, 2.75) is 19.5 Å². The van der Waals surface area contributed by atoms with Crippen molar-refractivity contribution in [3.63, 3.8) is 0 Å². The molecule has 2 aromatic rings. The van der Waals surface area contributed by atoms with Crippen molar-refractivity contribution in [2.75, 3.05) is 0 Å². The first-order valence-corrected chi connectivity index (χ1v) is 5.21. The predicted molar refractivity (Wildman–Crippen MR) is 63.1 cm³/mol. The molecule has 2 aromatic carbocycles. The summed E-state index contributed by atoms with van der Waals surface area (Å²) in [5.74, 6) is -0.470. The predicted octanol–water partition coefficient (Wildman–Crippen LogP) is 3.61. The average molecular weight is 216 g/mol. The van der Waals surface area contributed by atoms with Gasteiger partial charge in [-0.25, -0.2) is 4.39 Å². The minimum absolute atomic E-state index is 0.415. The molecule has 0 aliphatic carbocycles. The zero-order valence-electron chi connectivity index (χ0n) is 9.33. The maximum Gasteiger partial charge on any atom is 0.190 e. The lowest BCUT2D eigenvalue weighted by molar-refractivity contribution is -0.127. The summed E-state index contributed by atoms with van der Waals surface area (Å²) in [6.07, 6.45) is 0. The smallest absolute Gasteiger partial charge is 0.190 e. The van der Waals surface area contributed by atoms with E-state index in [1.807, 2.05) is 30.3 Å². The van der Waals surface area contributed by atoms with Crippen molar-refractivity contribution in [1.82, 2.24) is 0 Å². The summed E-state index contributed by atoms with van der Waals surface area (Å²) < 4.78 is 14.1. The van der Waals surface area contributed by atoms with E-state index >= 15 is 0 Å². The summed E-state index contributed by atoms with van der Waals surface area (Å²) in [5, 5.41) is 2.00. The number of rotatable bonds is 2. The van der Waals surface area contributed by atoms with Crippen LogP contribution >= 0.6 is 0 Å². The van der Waals surface area contributed by atoms with Crippen LogP contribution in [0.3, 0.4) is 0 Å². The number of hydrogen-bond acceptors (Lipinski definition) is 1. The van der Waals surface area contributed by atoms with E-state index in [4.69, 9.17) is 0 Å². The Morgan fingerprint density at radius 2 is 1.75 bits per heavy atom. The Morgan fingerprint density at radius 1 is 1.12 bits per heavy atom. The molecule has 0 amide bonds. The Kier molecular flexibility index (Phi) is 2.50. The lowest BCUT2D eigenvalue weighted by Gasteiger charge is -2.17. The molecule has 1 nitrogen and oxygen atoms in total. The SMILES string of the molecule is CC(=O)C(C)(F)c1ccc2ccccc2c1. The highest BCUT2D eigenvalue weighted by molar-refractivity contribution is 5.89. The highest BCUT2D eigenvalue weighted by Crippen LogP contribution is 2.29. The topological polar surface area (TPSA) is 17.1 Å². The van der Waals surface area contributed by atoms with E-state index in [0.717, 1.165) is 10.8 Å². The van der Waals surface area contributed by atoms with E-state index in [-0.39, 0.29) is 0 Å². The summed E-state index contributed by atoms with van der Waals surface area (Å²) in [7, 11) is 0. The number of benzene rings is 2. The van der Waals surface area contributed by atoms with Gasteiger partial charge in [-0.3, -0.25) is 4.79 Å². The largest absolute Gasteiger partial charge is 0.296 e. The van der Waals surface area contributed by atoms with Gasteiger partial charge in [-0.05, 0) is 36.2 Å². The van der Waals surface area contributed by atoms with Gasteiger partial charge in [0, 0.05) is 0 Å². The first kappa shape index (κ1) is 10.8. The van der Waals surface area contributed by atoms with E-state index in [0.29, 0.717) is 5.56 Å². The number of carbonyl (C=O) groups is 1. The molecule has 1 atom stereocenters. The van der Waals surface area contributed by atoms with Crippen molar-refractivity contribution in [3.05, 3.63) is 48.0 Å². The van der Waals surface area contributed by atoms with Crippen molar-refractivity contribution >= 4 is 16.6 Å². The van der Waals surface area contributed by atoms with Crippen molar-refractivity contribution in [1.29, 1.82) is 0 Å². The third-order valence-corrected chi connectivity index (χ3v) is 2.95. The standard InChI is InChI=1S/C14H13FO/c1-10(16)14(2,15)13-8-7-11-5-3-4-6-12(11)9-13/h3-9H,1-2H3. The Bertz CT molecular complexity index is 543. The molecule has 0 heterocycles. The molecule has 2 rings (SSSR count). The Balaban J connectivity index is 2.59. The highest BCUT2D eigenvalue weighted by atomic mass is 19.1. The van der Waals surface area contributed by atoms with Gasteiger partial charge >= 0.3 is 0 Å². The van der Waals surface area contributed by atoms with Crippen LogP contribution in [-0.2, 0) is 10.5 Å². The molecule has 0 saturated carbocycles. The van der Waals surface area contributed by atoms with Crippen LogP contribution in [0.25, 0.3) is 10.8 Å². The molecule has 0 radical (unpaired) electrons. The van der Waals surface area contributed by atoms with E-state index in [1.165, 1.54) is 13.8 Å². The first-order chi connectivity index (χ1) is 7.51. The third-order valence-electron chi connectivity index (χ3n) is 2.95. The van der Waals surface area contributed by atoms with E-state index < -0.39 is 11.5 Å². The van der Waals surface area contributed by atoms with Crippen molar-refractivity contribution < 1.29 is 9.18 Å². The Labute approximate surface area is 93.9 Å². The number of fused-ring (bicyclic) bond motifs is 1. The van der Waals surface area contributed by atoms with Gasteiger partial charge in [-0.1, -0.05) is 36.4 Å². The summed E-state index contributed by atoms with van der Waals surface area (Å²) in [4.78, 5) is 11.2. The van der Waals surface area contributed by atoms with Gasteiger partial charge in [0.2, 0.25) is 0 Å². The van der Waals surface area contributed by atoms with Crippen LogP contribution in [0.2, 0.25) is 0 Å². The van der Waals surface area contributed by atoms with Gasteiger partial charge in [0.1, 0.15) is 0 Å². The van der Waals surface area contributed by atoms with Crippen LogP contribution < -0.4 is 0 Å². The number of Topliss-reactive ketones (excluding diaryl/α,β-unsaturated/α-hetero) is 1. The zero-order chi connectivity index (χ0) is 11.8. The molecule has 2 heteroatoms. The molecule has 0 aromatic heterocycles. The van der Waals surface area contributed by atoms with Crippen molar-refractivity contribution in [2.24, 2.45) is 0 Å². The fourth-order valence-electron chi connectivity index (χ4n) is 1.68. The molecule has 0 bridgehead atoms. The average Bonchev–Trinajstić information content (AvgIpc) is 2.28. The summed E-state index contributed by atoms with van der Waals surface area (Å²) >= 11 is 0. The molecular formula is C14H13FO. The number of halogens is 1. The maximum atomic E-state index is 14.1. The summed E-state index contributed by atoms with van der Waals surface area (Å²) in [6.45, 7) is 2.58. The highest BCUT2D eigenvalue weighted by Gasteiger charge is 2.31. The second kappa shape index (κ2) is 3.71. The van der Waals surface area contributed by atoms with Crippen molar-refractivity contribution in [3.8, 4) is 0 Å². The minimum Gasteiger partial charge on any atom is -0.296 e. The Hall–Kier alpha value is -1.70. The zero-order valence-corrected chi connectivity index (χ0v) is 9.33. The second-order valence-corrected chi connectivity index (χ2v) is 4.12. The van der Waals surface area contributed by atoms with Gasteiger partial charge in [0.25, 0.3) is 0 Å². The number of hydrogen-bond donors (Lipinski definition) is 0. The van der Waals surface area contributed by atoms with Crippen LogP contribution in [0, 0.1) is 0 Å². The lowest BCUT2D eigenvalue weighted by atomic mass is 9.92. The molecule has 0 fully saturated rings. The van der Waals surface area contributed by atoms with Crippen LogP contribution in [-0.4, -0.2) is 5.78 Å². The second-order valence-electron chi connectivity index (χ2n) is 4.12. The van der Waals surface area contributed by atoms with Gasteiger partial charge in [0.05, 0.1) is 0 Å². The van der Waals surface area contributed by atoms with Crippen LogP contribution in [0.1, 0.15) is 19.4 Å². The van der Waals surface area contributed by atoms with Crippen LogP contribution in [0.4, 0.5) is 4.39 Å². The van der Waals surface area contributed by atoms with E-state index in [9.17, 15) is 9.18 Å². The number of ketones is 1. The molecular weight excluding hydrogens is 203 g/mol. The fourth-order valence-corrected chi connectivity index (χ4v) is 1.68. The molecule has 0 spiro atoms. The first-order valence-electron chi connectivity index (χ1n) is 5.21. The number of alkyl halides is 1. The molecule has 0 aliphatic rings. The third kappa shape index (κ3) is 1.71. The van der Waals surface area contributed by atoms with Gasteiger partial charge in [-0.2, -0.15) is 0 Å². The summed E-state index contributed by atoms with van der Waals surface area (Å²) in [5.41, 5.74) is -1.48. The molecule has 0 saturated heterocycles. The molecule has 82 valence electrons. The molecule has 0 N–H and O–H groups in total. The Morgan fingerprint density at radius 3 is 2.38 bits per heavy atom. The monoisotopic (exact) mass is 216 g/mol. The number of carbonyl (C=O) groups excluding carboxylic acids is 1. The van der Waals surface area contributed by atoms with Gasteiger partial charge in [0.15, 0.2) is 11.5 Å². The normalized spacial score (nSPS) is 14.7. The van der Waals surface area contributed by atoms with Crippen LogP contribution in [0.5, 0.6) is 0 Å². The summed E-state index contributed by atoms with van der Waals surface area (Å²) in [6, 6.07) is 12.9. The van der Waals surface area contributed by atoms with E-state index in [2.05, 4.69) is 0 Å². The fraction of sp³-hybridized carbons (Fsp3) is 0.214. The maximum absolute atomic E-state index is 14.1. The molecule has 0 aliphatic heterocycles. The van der Waals surface area contributed by atoms with Crippen LogP contribution in [0.15, 0.2) is 42.5 Å². The minimum atomic E-state index is -1.90. The lowest BCUT2D eigenvalue weighted by Crippen LogP contribution is -2.24. The van der Waals surface area contributed by atoms with Gasteiger partial charge < -0.3 is 0 Å². The van der Waals surface area contributed by atoms with E-state index in [1.54, 1.807) is 12.1 Å². The van der Waals surface area contributed by atoms with Gasteiger partial charge in [-0.15, -0.1) is 0 Å².